The van der Waals surface area contributed by atoms with Gasteiger partial charge in [-0.05, 0) is 12.8 Å². The highest BCUT2D eigenvalue weighted by Crippen LogP contribution is 2.11. The van der Waals surface area contributed by atoms with Gasteiger partial charge in [-0.1, -0.05) is 0 Å². The summed E-state index contributed by atoms with van der Waals surface area (Å²) in [6.45, 7) is 4.93. The Balaban J connectivity index is 1.75. The van der Waals surface area contributed by atoms with Crippen molar-refractivity contribution in [1.29, 1.82) is 0 Å². The van der Waals surface area contributed by atoms with Crippen LogP contribution in [0, 0.1) is 0 Å². The van der Waals surface area contributed by atoms with Gasteiger partial charge < -0.3 is 19.5 Å². The standard InChI is InChI=1S/C10H21NO3/c1-12-7-4-11-5-8-13-9-10-3-2-6-14-10/h10-11H,2-9H2,1H3. The van der Waals surface area contributed by atoms with Gasteiger partial charge in [0.1, 0.15) is 0 Å². The van der Waals surface area contributed by atoms with Crippen molar-refractivity contribution in [3.8, 4) is 0 Å². The molecule has 0 bridgehead atoms. The second-order valence-corrected chi connectivity index (χ2v) is 3.45. The minimum absolute atomic E-state index is 0.342. The first-order valence-electron chi connectivity index (χ1n) is 5.32. The van der Waals surface area contributed by atoms with Crippen LogP contribution < -0.4 is 5.32 Å². The third-order valence-corrected chi connectivity index (χ3v) is 2.23. The summed E-state index contributed by atoms with van der Waals surface area (Å²) in [6, 6.07) is 0. The zero-order valence-electron chi connectivity index (χ0n) is 8.96. The Hall–Kier alpha value is -0.160. The van der Waals surface area contributed by atoms with Crippen molar-refractivity contribution in [3.05, 3.63) is 0 Å². The van der Waals surface area contributed by atoms with Crippen LogP contribution in [0.5, 0.6) is 0 Å². The molecule has 84 valence electrons. The summed E-state index contributed by atoms with van der Waals surface area (Å²) in [7, 11) is 1.70. The first kappa shape index (κ1) is 11.9. The molecule has 0 amide bonds. The molecule has 4 nitrogen and oxygen atoms in total. The third kappa shape index (κ3) is 5.54. The average Bonchev–Trinajstić information content (AvgIpc) is 2.69. The Morgan fingerprint density at radius 2 is 2.21 bits per heavy atom. The number of methoxy groups -OCH3 is 1. The summed E-state index contributed by atoms with van der Waals surface area (Å²) < 4.78 is 15.8. The molecule has 0 aromatic carbocycles. The van der Waals surface area contributed by atoms with E-state index in [-0.39, 0.29) is 0 Å². The Kier molecular flexibility index (Phi) is 6.95. The molecule has 1 rings (SSSR count). The quantitative estimate of drug-likeness (QED) is 0.580. The van der Waals surface area contributed by atoms with Crippen molar-refractivity contribution in [3.63, 3.8) is 0 Å². The maximum absolute atomic E-state index is 5.47. The van der Waals surface area contributed by atoms with E-state index in [1.807, 2.05) is 0 Å². The lowest BCUT2D eigenvalue weighted by Crippen LogP contribution is -2.25. The third-order valence-electron chi connectivity index (χ3n) is 2.23. The van der Waals surface area contributed by atoms with Gasteiger partial charge in [0.25, 0.3) is 0 Å². The van der Waals surface area contributed by atoms with Crippen LogP contribution in [0.3, 0.4) is 0 Å². The molecule has 1 saturated heterocycles. The van der Waals surface area contributed by atoms with Gasteiger partial charge in [-0.25, -0.2) is 0 Å². The fraction of sp³-hybridized carbons (Fsp3) is 1.00. The highest BCUT2D eigenvalue weighted by atomic mass is 16.5. The SMILES string of the molecule is COCCNCCOCC1CCCO1. The van der Waals surface area contributed by atoms with Crippen molar-refractivity contribution in [2.75, 3.05) is 46.6 Å². The Bertz CT molecular complexity index is 127. The molecule has 4 heteroatoms. The van der Waals surface area contributed by atoms with Crippen LogP contribution in [-0.2, 0) is 14.2 Å². The Morgan fingerprint density at radius 3 is 2.93 bits per heavy atom. The molecule has 1 N–H and O–H groups in total. The summed E-state index contributed by atoms with van der Waals surface area (Å²) in [4.78, 5) is 0. The summed E-state index contributed by atoms with van der Waals surface area (Å²) in [6.07, 6.45) is 2.67. The van der Waals surface area contributed by atoms with Crippen LogP contribution in [0.4, 0.5) is 0 Å². The maximum atomic E-state index is 5.47. The van der Waals surface area contributed by atoms with Gasteiger partial charge in [-0.2, -0.15) is 0 Å². The number of hydrogen-bond donors (Lipinski definition) is 1. The summed E-state index contributed by atoms with van der Waals surface area (Å²) in [5.74, 6) is 0. The smallest absolute Gasteiger partial charge is 0.0809 e. The van der Waals surface area contributed by atoms with E-state index in [2.05, 4.69) is 5.32 Å². The van der Waals surface area contributed by atoms with E-state index >= 15 is 0 Å². The van der Waals surface area contributed by atoms with E-state index in [1.54, 1.807) is 7.11 Å². The Morgan fingerprint density at radius 1 is 1.36 bits per heavy atom. The Labute approximate surface area is 85.9 Å². The number of rotatable bonds is 8. The molecule has 1 unspecified atom stereocenters. The van der Waals surface area contributed by atoms with Gasteiger partial charge in [0.2, 0.25) is 0 Å². The van der Waals surface area contributed by atoms with Crippen molar-refractivity contribution < 1.29 is 14.2 Å². The minimum atomic E-state index is 0.342. The van der Waals surface area contributed by atoms with E-state index in [1.165, 1.54) is 6.42 Å². The van der Waals surface area contributed by atoms with Crippen LogP contribution in [0.25, 0.3) is 0 Å². The lowest BCUT2D eigenvalue weighted by Gasteiger charge is -2.10. The highest BCUT2D eigenvalue weighted by Gasteiger charge is 2.14. The van der Waals surface area contributed by atoms with Crippen LogP contribution in [-0.4, -0.2) is 52.7 Å². The molecule has 1 heterocycles. The summed E-state index contributed by atoms with van der Waals surface area (Å²) >= 11 is 0. The van der Waals surface area contributed by atoms with Gasteiger partial charge in [0.05, 0.1) is 25.9 Å². The van der Waals surface area contributed by atoms with Crippen LogP contribution >= 0.6 is 0 Å². The van der Waals surface area contributed by atoms with Crippen LogP contribution in [0.15, 0.2) is 0 Å². The van der Waals surface area contributed by atoms with E-state index < -0.39 is 0 Å². The van der Waals surface area contributed by atoms with Crippen molar-refractivity contribution in [1.82, 2.24) is 5.32 Å². The molecule has 0 aromatic heterocycles. The molecule has 0 aliphatic carbocycles. The molecule has 0 radical (unpaired) electrons. The van der Waals surface area contributed by atoms with Crippen LogP contribution in [0.1, 0.15) is 12.8 Å². The van der Waals surface area contributed by atoms with Crippen LogP contribution in [0.2, 0.25) is 0 Å². The predicted molar refractivity (Wildman–Crippen MR) is 54.5 cm³/mol. The summed E-state index contributed by atoms with van der Waals surface area (Å²) in [5, 5.41) is 3.22. The van der Waals surface area contributed by atoms with Crippen molar-refractivity contribution in [2.24, 2.45) is 0 Å². The van der Waals surface area contributed by atoms with Crippen molar-refractivity contribution >= 4 is 0 Å². The lowest BCUT2D eigenvalue weighted by atomic mass is 10.2. The molecule has 1 aliphatic heterocycles. The molecule has 1 aliphatic rings. The predicted octanol–water partition coefficient (Wildman–Crippen LogP) is 0.418. The molecular weight excluding hydrogens is 182 g/mol. The number of nitrogens with one attached hydrogen (secondary N) is 1. The van der Waals surface area contributed by atoms with Gasteiger partial charge in [0, 0.05) is 26.8 Å². The molecule has 1 atom stereocenters. The number of hydrogen-bond acceptors (Lipinski definition) is 4. The fourth-order valence-corrected chi connectivity index (χ4v) is 1.43. The molecule has 14 heavy (non-hydrogen) atoms. The molecule has 0 spiro atoms. The number of ether oxygens (including phenoxy) is 3. The molecule has 0 aromatic rings. The van der Waals surface area contributed by atoms with Gasteiger partial charge in [-0.3, -0.25) is 0 Å². The zero-order valence-corrected chi connectivity index (χ0v) is 8.96. The van der Waals surface area contributed by atoms with E-state index in [4.69, 9.17) is 14.2 Å². The second-order valence-electron chi connectivity index (χ2n) is 3.45. The largest absolute Gasteiger partial charge is 0.383 e. The average molecular weight is 203 g/mol. The summed E-state index contributed by atoms with van der Waals surface area (Å²) in [5.41, 5.74) is 0. The van der Waals surface area contributed by atoms with E-state index in [0.29, 0.717) is 6.10 Å². The lowest BCUT2D eigenvalue weighted by molar-refractivity contribution is 0.0181. The first-order valence-corrected chi connectivity index (χ1v) is 5.32. The normalized spacial score (nSPS) is 21.6. The topological polar surface area (TPSA) is 39.7 Å². The molecule has 1 fully saturated rings. The fourth-order valence-electron chi connectivity index (χ4n) is 1.43. The van der Waals surface area contributed by atoms with E-state index in [9.17, 15) is 0 Å². The monoisotopic (exact) mass is 203 g/mol. The van der Waals surface area contributed by atoms with Gasteiger partial charge in [-0.15, -0.1) is 0 Å². The first-order chi connectivity index (χ1) is 6.93. The van der Waals surface area contributed by atoms with E-state index in [0.717, 1.165) is 45.9 Å². The zero-order chi connectivity index (χ0) is 10.1. The molecular formula is C10H21NO3. The maximum Gasteiger partial charge on any atom is 0.0809 e. The highest BCUT2D eigenvalue weighted by molar-refractivity contribution is 4.63. The van der Waals surface area contributed by atoms with Crippen molar-refractivity contribution in [2.45, 2.75) is 18.9 Å². The molecule has 0 saturated carbocycles. The van der Waals surface area contributed by atoms with Gasteiger partial charge in [0.15, 0.2) is 0 Å². The second kappa shape index (κ2) is 8.17. The minimum Gasteiger partial charge on any atom is -0.383 e. The van der Waals surface area contributed by atoms with Gasteiger partial charge >= 0.3 is 0 Å².